The van der Waals surface area contributed by atoms with E-state index in [1.807, 2.05) is 6.92 Å². The molecule has 0 radical (unpaired) electrons. The van der Waals surface area contributed by atoms with Crippen molar-refractivity contribution in [3.8, 4) is 11.5 Å². The van der Waals surface area contributed by atoms with E-state index in [1.165, 1.54) is 18.2 Å². The molecule has 10 heteroatoms. The number of hydrogen-bond donors (Lipinski definition) is 2. The highest BCUT2D eigenvalue weighted by Crippen LogP contribution is 2.37. The fraction of sp³-hybridized carbons (Fsp3) is 0.217. The van der Waals surface area contributed by atoms with Gasteiger partial charge in [-0.15, -0.1) is 0 Å². The van der Waals surface area contributed by atoms with Gasteiger partial charge in [0.25, 0.3) is 11.8 Å². The third-order valence-corrected chi connectivity index (χ3v) is 4.97. The van der Waals surface area contributed by atoms with Crippen LogP contribution in [-0.2, 0) is 20.8 Å². The highest BCUT2D eigenvalue weighted by Gasteiger charge is 2.36. The van der Waals surface area contributed by atoms with Crippen LogP contribution in [0.3, 0.4) is 0 Å². The number of carbonyl (C=O) groups is 4. The number of nitrogens with one attached hydrogen (secondary N) is 1. The fourth-order valence-electron chi connectivity index (χ4n) is 3.15. The van der Waals surface area contributed by atoms with Crippen LogP contribution in [0, 0.1) is 0 Å². The van der Waals surface area contributed by atoms with Gasteiger partial charge in [-0.25, -0.2) is 14.5 Å². The predicted octanol–water partition coefficient (Wildman–Crippen LogP) is 3.43. The monoisotopic (exact) mass is 472 g/mol. The highest BCUT2D eigenvalue weighted by molar-refractivity contribution is 6.39. The summed E-state index contributed by atoms with van der Waals surface area (Å²) in [5.41, 5.74) is 1.38. The lowest BCUT2D eigenvalue weighted by Gasteiger charge is -2.26. The molecule has 3 rings (SSSR count). The van der Waals surface area contributed by atoms with Crippen molar-refractivity contribution >= 4 is 47.2 Å². The maximum Gasteiger partial charge on any atom is 0.341 e. The summed E-state index contributed by atoms with van der Waals surface area (Å²) in [5.74, 6) is -2.68. The topological polar surface area (TPSA) is 122 Å². The Bertz CT molecular complexity index is 1140. The second kappa shape index (κ2) is 10.2. The van der Waals surface area contributed by atoms with Gasteiger partial charge in [0.05, 0.1) is 17.3 Å². The summed E-state index contributed by atoms with van der Waals surface area (Å²) >= 11 is 6.24. The van der Waals surface area contributed by atoms with Crippen LogP contribution in [0.1, 0.15) is 25.0 Å². The van der Waals surface area contributed by atoms with Crippen LogP contribution in [0.2, 0.25) is 5.02 Å². The Balaban J connectivity index is 1.99. The predicted molar refractivity (Wildman–Crippen MR) is 121 cm³/mol. The number of carboxylic acids is 1. The number of carboxylic acid groups (broad SMARTS) is 1. The SMILES string of the molecule is CCOc1cc(/C=C2/C(=O)NC(=O)N(c3ccc(CC)cc3)C2=O)cc(Cl)c1OCC(=O)O. The molecule has 172 valence electrons. The molecule has 2 N–H and O–H groups in total. The number of carbonyl (C=O) groups excluding carboxylic acids is 3. The first-order valence-corrected chi connectivity index (χ1v) is 10.4. The van der Waals surface area contributed by atoms with E-state index in [1.54, 1.807) is 31.2 Å². The molecule has 0 aromatic heterocycles. The molecule has 1 heterocycles. The van der Waals surface area contributed by atoms with Gasteiger partial charge in [0.2, 0.25) is 0 Å². The van der Waals surface area contributed by atoms with Crippen molar-refractivity contribution in [1.82, 2.24) is 5.32 Å². The second-order valence-electron chi connectivity index (χ2n) is 6.92. The Kier molecular flexibility index (Phi) is 7.34. The van der Waals surface area contributed by atoms with Crippen molar-refractivity contribution in [3.05, 3.63) is 58.1 Å². The molecule has 9 nitrogen and oxygen atoms in total. The summed E-state index contributed by atoms with van der Waals surface area (Å²) in [6.45, 7) is 3.29. The minimum atomic E-state index is -1.19. The smallest absolute Gasteiger partial charge is 0.341 e. The number of anilines is 1. The number of rotatable bonds is 8. The Hall–Kier alpha value is -3.85. The number of aryl methyl sites for hydroxylation is 1. The lowest BCUT2D eigenvalue weighted by molar-refractivity contribution is -0.139. The first kappa shape index (κ1) is 23.8. The van der Waals surface area contributed by atoms with Gasteiger partial charge in [-0.3, -0.25) is 14.9 Å². The number of nitrogens with zero attached hydrogens (tertiary/aromatic N) is 1. The zero-order valence-corrected chi connectivity index (χ0v) is 18.6. The maximum absolute atomic E-state index is 13.1. The van der Waals surface area contributed by atoms with Crippen molar-refractivity contribution in [1.29, 1.82) is 0 Å². The number of aliphatic carboxylic acids is 1. The van der Waals surface area contributed by atoms with Gasteiger partial charge in [-0.2, -0.15) is 0 Å². The van der Waals surface area contributed by atoms with E-state index in [-0.39, 0.29) is 28.7 Å². The number of urea groups is 1. The van der Waals surface area contributed by atoms with Gasteiger partial charge in [0.1, 0.15) is 5.57 Å². The minimum Gasteiger partial charge on any atom is -0.490 e. The summed E-state index contributed by atoms with van der Waals surface area (Å²) in [6.07, 6.45) is 2.06. The molecule has 0 atom stereocenters. The Morgan fingerprint density at radius 1 is 1.12 bits per heavy atom. The molecular weight excluding hydrogens is 452 g/mol. The summed E-state index contributed by atoms with van der Waals surface area (Å²) in [6, 6.07) is 8.84. The molecule has 1 aliphatic rings. The van der Waals surface area contributed by atoms with Crippen LogP contribution < -0.4 is 19.7 Å². The van der Waals surface area contributed by atoms with Crippen LogP contribution in [0.15, 0.2) is 42.0 Å². The third-order valence-electron chi connectivity index (χ3n) is 4.69. The van der Waals surface area contributed by atoms with Crippen LogP contribution in [-0.4, -0.2) is 42.1 Å². The van der Waals surface area contributed by atoms with Gasteiger partial charge in [-0.05, 0) is 54.8 Å². The lowest BCUT2D eigenvalue weighted by atomic mass is 10.1. The lowest BCUT2D eigenvalue weighted by Crippen LogP contribution is -2.54. The van der Waals surface area contributed by atoms with E-state index in [9.17, 15) is 19.2 Å². The largest absolute Gasteiger partial charge is 0.490 e. The van der Waals surface area contributed by atoms with Crippen molar-refractivity contribution in [2.24, 2.45) is 0 Å². The molecule has 1 fully saturated rings. The van der Waals surface area contributed by atoms with Gasteiger partial charge in [-0.1, -0.05) is 30.7 Å². The summed E-state index contributed by atoms with van der Waals surface area (Å²) < 4.78 is 10.7. The Morgan fingerprint density at radius 2 is 1.82 bits per heavy atom. The molecule has 0 bridgehead atoms. The van der Waals surface area contributed by atoms with E-state index in [2.05, 4.69) is 5.32 Å². The van der Waals surface area contributed by atoms with Crippen LogP contribution in [0.25, 0.3) is 6.08 Å². The van der Waals surface area contributed by atoms with Crippen LogP contribution >= 0.6 is 11.6 Å². The average Bonchev–Trinajstić information content (AvgIpc) is 2.76. The summed E-state index contributed by atoms with van der Waals surface area (Å²) in [7, 11) is 0. The van der Waals surface area contributed by atoms with Gasteiger partial charge < -0.3 is 14.6 Å². The number of amides is 4. The standard InChI is InChI=1S/C23H21ClN2O7/c1-3-13-5-7-15(8-6-13)26-22(30)16(21(29)25-23(26)31)9-14-10-17(24)20(33-12-19(27)28)18(11-14)32-4-2/h5-11H,3-4,12H2,1-2H3,(H,27,28)(H,25,29,31)/b16-9-. The molecule has 0 aliphatic carbocycles. The van der Waals surface area contributed by atoms with Crippen molar-refractivity contribution in [2.75, 3.05) is 18.1 Å². The molecule has 2 aromatic rings. The molecule has 1 aliphatic heterocycles. The molecule has 0 unspecified atom stereocenters. The molecule has 1 saturated heterocycles. The number of ether oxygens (including phenoxy) is 2. The van der Waals surface area contributed by atoms with Crippen LogP contribution in [0.4, 0.5) is 10.5 Å². The summed E-state index contributed by atoms with van der Waals surface area (Å²) in [5, 5.41) is 11.0. The van der Waals surface area contributed by atoms with Crippen molar-refractivity contribution in [2.45, 2.75) is 20.3 Å². The molecule has 0 saturated carbocycles. The maximum atomic E-state index is 13.1. The molecule has 2 aromatic carbocycles. The zero-order valence-electron chi connectivity index (χ0n) is 17.9. The highest BCUT2D eigenvalue weighted by atomic mass is 35.5. The molecule has 33 heavy (non-hydrogen) atoms. The normalized spacial score (nSPS) is 14.9. The van der Waals surface area contributed by atoms with Crippen molar-refractivity contribution < 1.29 is 33.8 Å². The van der Waals surface area contributed by atoms with Gasteiger partial charge in [0, 0.05) is 0 Å². The molecule has 0 spiro atoms. The number of halogens is 1. The van der Waals surface area contributed by atoms with E-state index in [0.29, 0.717) is 11.3 Å². The Labute approximate surface area is 194 Å². The number of barbiturate groups is 1. The Morgan fingerprint density at radius 3 is 2.42 bits per heavy atom. The first-order valence-electron chi connectivity index (χ1n) is 10.1. The number of imide groups is 2. The van der Waals surface area contributed by atoms with E-state index < -0.39 is 30.4 Å². The van der Waals surface area contributed by atoms with E-state index in [0.717, 1.165) is 16.9 Å². The molecule has 4 amide bonds. The second-order valence-corrected chi connectivity index (χ2v) is 7.33. The van der Waals surface area contributed by atoms with E-state index >= 15 is 0 Å². The van der Waals surface area contributed by atoms with Gasteiger partial charge >= 0.3 is 12.0 Å². The third kappa shape index (κ3) is 5.32. The average molecular weight is 473 g/mol. The minimum absolute atomic E-state index is 0.0234. The molecular formula is C23H21ClN2O7. The number of hydrogen-bond acceptors (Lipinski definition) is 6. The zero-order chi connectivity index (χ0) is 24.1. The van der Waals surface area contributed by atoms with Crippen LogP contribution in [0.5, 0.6) is 11.5 Å². The van der Waals surface area contributed by atoms with Crippen molar-refractivity contribution in [3.63, 3.8) is 0 Å². The fourth-order valence-corrected chi connectivity index (χ4v) is 3.42. The first-order chi connectivity index (χ1) is 15.7. The van der Waals surface area contributed by atoms with Gasteiger partial charge in [0.15, 0.2) is 18.1 Å². The summed E-state index contributed by atoms with van der Waals surface area (Å²) in [4.78, 5) is 49.6. The quantitative estimate of drug-likeness (QED) is 0.445. The van der Waals surface area contributed by atoms with E-state index in [4.69, 9.17) is 26.2 Å². The number of benzene rings is 2.